The Morgan fingerprint density at radius 1 is 1.19 bits per heavy atom. The fourth-order valence-corrected chi connectivity index (χ4v) is 7.62. The van der Waals surface area contributed by atoms with Gasteiger partial charge >= 0.3 is 11.9 Å². The van der Waals surface area contributed by atoms with E-state index in [1.54, 1.807) is 0 Å². The molecule has 148 valence electrons. The van der Waals surface area contributed by atoms with E-state index in [1.165, 1.54) is 6.92 Å². The smallest absolute Gasteiger partial charge is 0.309 e. The second kappa shape index (κ2) is 5.68. The standard InChI is InChI=1S/C22H30O5/c1-12-14-6-7-15-20(3)8-5-9-21(4,19(25)26)16(20)10-17(27-13(2)23)22(15,11-14)18(12)24/h14-17H,1,5-11H2,2-4H3,(H,25,26)/t14-,15+,16+,17?,20+,21-,22-/m1/s1. The van der Waals surface area contributed by atoms with E-state index in [2.05, 4.69) is 13.5 Å². The van der Waals surface area contributed by atoms with Gasteiger partial charge in [-0.15, -0.1) is 0 Å². The summed E-state index contributed by atoms with van der Waals surface area (Å²) < 4.78 is 5.77. The minimum Gasteiger partial charge on any atom is -0.481 e. The number of rotatable bonds is 2. The number of ketones is 1. The van der Waals surface area contributed by atoms with Gasteiger partial charge in [0.2, 0.25) is 0 Å². The molecule has 0 aromatic rings. The molecule has 4 aliphatic carbocycles. The number of carbonyl (C=O) groups is 3. The van der Waals surface area contributed by atoms with Gasteiger partial charge in [-0.2, -0.15) is 0 Å². The van der Waals surface area contributed by atoms with Crippen LogP contribution in [0, 0.1) is 34.0 Å². The number of ether oxygens (including phenoxy) is 1. The lowest BCUT2D eigenvalue weighted by atomic mass is 9.40. The van der Waals surface area contributed by atoms with Gasteiger partial charge in [0.1, 0.15) is 6.10 Å². The summed E-state index contributed by atoms with van der Waals surface area (Å²) >= 11 is 0. The zero-order valence-corrected chi connectivity index (χ0v) is 16.5. The first-order valence-electron chi connectivity index (χ1n) is 10.2. The van der Waals surface area contributed by atoms with Crippen LogP contribution in [0.25, 0.3) is 0 Å². The van der Waals surface area contributed by atoms with Crippen LogP contribution in [-0.2, 0) is 19.1 Å². The molecule has 0 amide bonds. The number of hydrogen-bond donors (Lipinski definition) is 1. The normalized spacial score (nSPS) is 48.6. The van der Waals surface area contributed by atoms with Crippen molar-refractivity contribution in [3.63, 3.8) is 0 Å². The van der Waals surface area contributed by atoms with Gasteiger partial charge in [-0.3, -0.25) is 14.4 Å². The van der Waals surface area contributed by atoms with E-state index in [-0.39, 0.29) is 29.0 Å². The van der Waals surface area contributed by atoms with Crippen molar-refractivity contribution in [3.05, 3.63) is 12.2 Å². The van der Waals surface area contributed by atoms with Crippen LogP contribution in [0.1, 0.15) is 65.7 Å². The SMILES string of the molecule is C=C1C(=O)[C@]23C[C@H]1CC[C@H]2[C@]1(C)CCC[C@@](C)(C(=O)O)[C@H]1CC3OC(C)=O. The molecule has 1 spiro atoms. The molecule has 0 aromatic heterocycles. The van der Waals surface area contributed by atoms with Crippen molar-refractivity contribution in [3.8, 4) is 0 Å². The Bertz CT molecular complexity index is 741. The molecule has 0 aromatic carbocycles. The molecule has 0 saturated heterocycles. The molecule has 0 radical (unpaired) electrons. The Labute approximate surface area is 160 Å². The highest BCUT2D eigenvalue weighted by Crippen LogP contribution is 2.71. The average molecular weight is 374 g/mol. The molecular formula is C22H30O5. The van der Waals surface area contributed by atoms with Crippen molar-refractivity contribution in [1.82, 2.24) is 0 Å². The van der Waals surface area contributed by atoms with Crippen LogP contribution < -0.4 is 0 Å². The predicted octanol–water partition coefficient (Wildman–Crippen LogP) is 3.76. The van der Waals surface area contributed by atoms with Crippen molar-refractivity contribution >= 4 is 17.7 Å². The van der Waals surface area contributed by atoms with Gasteiger partial charge in [-0.05, 0) is 74.2 Å². The Morgan fingerprint density at radius 2 is 1.89 bits per heavy atom. The summed E-state index contributed by atoms with van der Waals surface area (Å²) in [6.45, 7) is 9.50. The number of carboxylic acid groups (broad SMARTS) is 1. The number of carbonyl (C=O) groups excluding carboxylic acids is 2. The molecule has 1 unspecified atom stereocenters. The Morgan fingerprint density at radius 3 is 2.52 bits per heavy atom. The van der Waals surface area contributed by atoms with Crippen molar-refractivity contribution in [2.75, 3.05) is 0 Å². The highest BCUT2D eigenvalue weighted by Gasteiger charge is 2.72. The molecule has 7 atom stereocenters. The van der Waals surface area contributed by atoms with Gasteiger partial charge in [-0.1, -0.05) is 19.9 Å². The maximum Gasteiger partial charge on any atom is 0.309 e. The summed E-state index contributed by atoms with van der Waals surface area (Å²) in [6, 6.07) is 0. The fourth-order valence-electron chi connectivity index (χ4n) is 7.62. The minimum atomic E-state index is -0.845. The quantitative estimate of drug-likeness (QED) is 0.588. The van der Waals surface area contributed by atoms with Gasteiger partial charge in [0, 0.05) is 6.92 Å². The first-order valence-corrected chi connectivity index (χ1v) is 10.2. The average Bonchev–Trinajstić information content (AvgIpc) is 2.78. The van der Waals surface area contributed by atoms with Crippen LogP contribution in [0.15, 0.2) is 12.2 Å². The number of esters is 1. The Kier molecular flexibility index (Phi) is 3.93. The van der Waals surface area contributed by atoms with Gasteiger partial charge < -0.3 is 9.84 Å². The van der Waals surface area contributed by atoms with Crippen LogP contribution >= 0.6 is 0 Å². The molecule has 4 aliphatic rings. The molecule has 5 heteroatoms. The molecule has 0 heterocycles. The second-order valence-electron chi connectivity index (χ2n) is 9.89. The largest absolute Gasteiger partial charge is 0.481 e. The molecule has 2 bridgehead atoms. The summed E-state index contributed by atoms with van der Waals surface area (Å²) in [5, 5.41) is 10.0. The second-order valence-corrected chi connectivity index (χ2v) is 9.89. The minimum absolute atomic E-state index is 0.0510. The third-order valence-electron chi connectivity index (χ3n) is 8.81. The van der Waals surface area contributed by atoms with Crippen molar-refractivity contribution in [2.24, 2.45) is 34.0 Å². The fraction of sp³-hybridized carbons (Fsp3) is 0.773. The predicted molar refractivity (Wildman–Crippen MR) is 98.8 cm³/mol. The molecular weight excluding hydrogens is 344 g/mol. The lowest BCUT2D eigenvalue weighted by molar-refractivity contribution is -0.215. The number of aliphatic carboxylic acids is 1. The molecule has 4 saturated carbocycles. The van der Waals surface area contributed by atoms with Crippen molar-refractivity contribution in [2.45, 2.75) is 71.8 Å². The molecule has 5 nitrogen and oxygen atoms in total. The van der Waals surface area contributed by atoms with E-state index in [0.717, 1.165) is 25.7 Å². The Balaban J connectivity index is 1.87. The third kappa shape index (κ3) is 2.20. The van der Waals surface area contributed by atoms with Crippen LogP contribution in [0.2, 0.25) is 0 Å². The summed E-state index contributed by atoms with van der Waals surface area (Å²) in [4.78, 5) is 37.6. The van der Waals surface area contributed by atoms with Crippen molar-refractivity contribution in [1.29, 1.82) is 0 Å². The number of allylic oxidation sites excluding steroid dienone is 1. The summed E-state index contributed by atoms with van der Waals surface area (Å²) in [5.41, 5.74) is -1.09. The first kappa shape index (κ1) is 18.7. The van der Waals surface area contributed by atoms with E-state index in [1.807, 2.05) is 6.92 Å². The van der Waals surface area contributed by atoms with E-state index < -0.39 is 28.9 Å². The van der Waals surface area contributed by atoms with Gasteiger partial charge in [-0.25, -0.2) is 0 Å². The maximum absolute atomic E-state index is 13.4. The lowest BCUT2D eigenvalue weighted by Crippen LogP contribution is -2.65. The zero-order chi connectivity index (χ0) is 19.8. The molecule has 4 fully saturated rings. The highest BCUT2D eigenvalue weighted by molar-refractivity contribution is 6.03. The number of Topliss-reactive ketones (excluding diaryl/α,β-unsaturated/α-hetero) is 1. The highest BCUT2D eigenvalue weighted by atomic mass is 16.5. The number of fused-ring (bicyclic) bond motifs is 3. The lowest BCUT2D eigenvalue weighted by Gasteiger charge is -2.64. The maximum atomic E-state index is 13.4. The van der Waals surface area contributed by atoms with Crippen LogP contribution in [-0.4, -0.2) is 28.9 Å². The Hall–Kier alpha value is -1.65. The van der Waals surface area contributed by atoms with E-state index >= 15 is 0 Å². The first-order chi connectivity index (χ1) is 12.6. The number of hydrogen-bond acceptors (Lipinski definition) is 4. The molecule has 1 N–H and O–H groups in total. The van der Waals surface area contributed by atoms with Crippen LogP contribution in [0.5, 0.6) is 0 Å². The van der Waals surface area contributed by atoms with Crippen molar-refractivity contribution < 1.29 is 24.2 Å². The van der Waals surface area contributed by atoms with Gasteiger partial charge in [0.25, 0.3) is 0 Å². The summed E-state index contributed by atoms with van der Waals surface area (Å²) in [5.74, 6) is -0.960. The van der Waals surface area contributed by atoms with E-state index in [4.69, 9.17) is 4.74 Å². The zero-order valence-electron chi connectivity index (χ0n) is 16.5. The number of carboxylic acids is 1. The molecule has 0 aliphatic heterocycles. The summed E-state index contributed by atoms with van der Waals surface area (Å²) in [7, 11) is 0. The molecule has 4 rings (SSSR count). The van der Waals surface area contributed by atoms with E-state index in [9.17, 15) is 19.5 Å². The van der Waals surface area contributed by atoms with Gasteiger partial charge in [0.05, 0.1) is 10.8 Å². The monoisotopic (exact) mass is 374 g/mol. The summed E-state index contributed by atoms with van der Waals surface area (Å²) in [6.07, 6.45) is 4.87. The van der Waals surface area contributed by atoms with Crippen LogP contribution in [0.3, 0.4) is 0 Å². The van der Waals surface area contributed by atoms with Gasteiger partial charge in [0.15, 0.2) is 5.78 Å². The van der Waals surface area contributed by atoms with E-state index in [0.29, 0.717) is 24.8 Å². The molecule has 27 heavy (non-hydrogen) atoms. The topological polar surface area (TPSA) is 80.7 Å². The third-order valence-corrected chi connectivity index (χ3v) is 8.81. The van der Waals surface area contributed by atoms with Crippen LogP contribution in [0.4, 0.5) is 0 Å².